The summed E-state index contributed by atoms with van der Waals surface area (Å²) in [4.78, 5) is 0. The van der Waals surface area contributed by atoms with Crippen LogP contribution in [0, 0.1) is 0 Å². The van der Waals surface area contributed by atoms with Crippen LogP contribution >= 0.6 is 0 Å². The Kier molecular flexibility index (Phi) is 1.82. The molecule has 1 saturated carbocycles. The SMILES string of the molecule is NC1(c2cc(-c3cccc(O)c3)n[nH]2)CC1. The Morgan fingerprint density at radius 3 is 2.81 bits per heavy atom. The lowest BCUT2D eigenvalue weighted by Gasteiger charge is -2.02. The number of nitrogens with two attached hydrogens (primary N) is 1. The van der Waals surface area contributed by atoms with Gasteiger partial charge in [-0.1, -0.05) is 12.1 Å². The molecule has 1 heterocycles. The Labute approximate surface area is 93.1 Å². The van der Waals surface area contributed by atoms with Crippen LogP contribution in [0.5, 0.6) is 5.75 Å². The number of aromatic nitrogens is 2. The van der Waals surface area contributed by atoms with Gasteiger partial charge in [-0.2, -0.15) is 5.10 Å². The van der Waals surface area contributed by atoms with E-state index in [4.69, 9.17) is 5.73 Å². The molecular formula is C12H13N3O. The molecule has 0 bridgehead atoms. The van der Waals surface area contributed by atoms with Crippen molar-refractivity contribution in [1.29, 1.82) is 0 Å². The molecule has 4 N–H and O–H groups in total. The maximum Gasteiger partial charge on any atom is 0.116 e. The highest BCUT2D eigenvalue weighted by Gasteiger charge is 2.41. The lowest BCUT2D eigenvalue weighted by molar-refractivity contribution is 0.475. The predicted octanol–water partition coefficient (Wildman–Crippen LogP) is 1.73. The van der Waals surface area contributed by atoms with Crippen molar-refractivity contribution in [2.45, 2.75) is 18.4 Å². The molecule has 1 aromatic carbocycles. The number of aromatic hydroxyl groups is 1. The van der Waals surface area contributed by atoms with Crippen molar-refractivity contribution in [2.24, 2.45) is 5.73 Å². The number of aromatic amines is 1. The Balaban J connectivity index is 1.98. The average Bonchev–Trinajstić information content (AvgIpc) is 2.83. The Morgan fingerprint density at radius 1 is 1.31 bits per heavy atom. The number of rotatable bonds is 2. The molecule has 0 saturated heterocycles. The zero-order valence-electron chi connectivity index (χ0n) is 8.77. The Morgan fingerprint density at radius 2 is 2.12 bits per heavy atom. The minimum atomic E-state index is -0.192. The van der Waals surface area contributed by atoms with E-state index in [0.29, 0.717) is 0 Å². The lowest BCUT2D eigenvalue weighted by atomic mass is 10.1. The number of benzene rings is 1. The van der Waals surface area contributed by atoms with Crippen LogP contribution in [0.3, 0.4) is 0 Å². The topological polar surface area (TPSA) is 74.9 Å². The van der Waals surface area contributed by atoms with Crippen molar-refractivity contribution in [3.63, 3.8) is 0 Å². The highest BCUT2D eigenvalue weighted by molar-refractivity contribution is 5.61. The van der Waals surface area contributed by atoms with Gasteiger partial charge >= 0.3 is 0 Å². The summed E-state index contributed by atoms with van der Waals surface area (Å²) in [7, 11) is 0. The van der Waals surface area contributed by atoms with Crippen molar-refractivity contribution < 1.29 is 5.11 Å². The molecule has 4 nitrogen and oxygen atoms in total. The summed E-state index contributed by atoms with van der Waals surface area (Å²) in [5, 5.41) is 16.6. The number of hydrogen-bond donors (Lipinski definition) is 3. The number of nitrogens with one attached hydrogen (secondary N) is 1. The second kappa shape index (κ2) is 3.09. The molecule has 1 aliphatic carbocycles. The van der Waals surface area contributed by atoms with Crippen LogP contribution in [0.4, 0.5) is 0 Å². The first-order chi connectivity index (χ1) is 7.67. The molecule has 1 fully saturated rings. The monoisotopic (exact) mass is 215 g/mol. The van der Waals surface area contributed by atoms with E-state index >= 15 is 0 Å². The van der Waals surface area contributed by atoms with E-state index in [9.17, 15) is 5.11 Å². The first-order valence-electron chi connectivity index (χ1n) is 5.32. The van der Waals surface area contributed by atoms with Gasteiger partial charge in [-0.05, 0) is 31.0 Å². The molecule has 0 unspecified atom stereocenters. The van der Waals surface area contributed by atoms with Crippen molar-refractivity contribution in [3.05, 3.63) is 36.0 Å². The maximum atomic E-state index is 9.39. The van der Waals surface area contributed by atoms with E-state index in [1.165, 1.54) is 0 Å². The summed E-state index contributed by atoms with van der Waals surface area (Å²) < 4.78 is 0. The normalized spacial score (nSPS) is 17.3. The van der Waals surface area contributed by atoms with Gasteiger partial charge in [0.05, 0.1) is 16.9 Å². The maximum absolute atomic E-state index is 9.39. The summed E-state index contributed by atoms with van der Waals surface area (Å²) in [6, 6.07) is 9.00. The fourth-order valence-electron chi connectivity index (χ4n) is 1.79. The van der Waals surface area contributed by atoms with Crippen LogP contribution in [0.15, 0.2) is 30.3 Å². The number of nitrogens with zero attached hydrogens (tertiary/aromatic N) is 1. The summed E-state index contributed by atoms with van der Waals surface area (Å²) in [5.41, 5.74) is 8.57. The molecule has 0 spiro atoms. The summed E-state index contributed by atoms with van der Waals surface area (Å²) >= 11 is 0. The van der Waals surface area contributed by atoms with Gasteiger partial charge in [-0.3, -0.25) is 5.10 Å². The van der Waals surface area contributed by atoms with Gasteiger partial charge in [-0.15, -0.1) is 0 Å². The van der Waals surface area contributed by atoms with Crippen LogP contribution < -0.4 is 5.73 Å². The third kappa shape index (κ3) is 1.47. The molecule has 0 aliphatic heterocycles. The predicted molar refractivity (Wildman–Crippen MR) is 60.8 cm³/mol. The highest BCUT2D eigenvalue weighted by Crippen LogP contribution is 2.42. The lowest BCUT2D eigenvalue weighted by Crippen LogP contribution is -2.18. The number of H-pyrrole nitrogens is 1. The van der Waals surface area contributed by atoms with Crippen molar-refractivity contribution in [1.82, 2.24) is 10.2 Å². The minimum absolute atomic E-state index is 0.192. The van der Waals surface area contributed by atoms with Gasteiger partial charge in [0.2, 0.25) is 0 Å². The first kappa shape index (κ1) is 9.42. The van der Waals surface area contributed by atoms with E-state index in [0.717, 1.165) is 29.8 Å². The molecule has 4 heteroatoms. The molecule has 82 valence electrons. The highest BCUT2D eigenvalue weighted by atomic mass is 16.3. The van der Waals surface area contributed by atoms with Gasteiger partial charge in [-0.25, -0.2) is 0 Å². The molecule has 16 heavy (non-hydrogen) atoms. The summed E-state index contributed by atoms with van der Waals surface area (Å²) in [5.74, 6) is 0.246. The minimum Gasteiger partial charge on any atom is -0.508 e. The first-order valence-corrected chi connectivity index (χ1v) is 5.32. The van der Waals surface area contributed by atoms with Crippen LogP contribution in [-0.4, -0.2) is 15.3 Å². The molecule has 0 radical (unpaired) electrons. The van der Waals surface area contributed by atoms with Crippen LogP contribution in [0.2, 0.25) is 0 Å². The number of hydrogen-bond acceptors (Lipinski definition) is 3. The molecule has 0 amide bonds. The second-order valence-corrected chi connectivity index (χ2v) is 4.37. The second-order valence-electron chi connectivity index (χ2n) is 4.37. The van der Waals surface area contributed by atoms with Crippen LogP contribution in [0.25, 0.3) is 11.3 Å². The third-order valence-corrected chi connectivity index (χ3v) is 3.04. The van der Waals surface area contributed by atoms with E-state index in [-0.39, 0.29) is 11.3 Å². The van der Waals surface area contributed by atoms with Crippen LogP contribution in [0.1, 0.15) is 18.5 Å². The quantitative estimate of drug-likeness (QED) is 0.714. The van der Waals surface area contributed by atoms with Crippen molar-refractivity contribution >= 4 is 0 Å². The van der Waals surface area contributed by atoms with Gasteiger partial charge in [0, 0.05) is 5.56 Å². The van der Waals surface area contributed by atoms with Gasteiger partial charge in [0.15, 0.2) is 0 Å². The largest absolute Gasteiger partial charge is 0.508 e. The number of phenolic OH excluding ortho intramolecular Hbond substituents is 1. The van der Waals surface area contributed by atoms with E-state index in [2.05, 4.69) is 10.2 Å². The number of phenols is 1. The standard InChI is InChI=1S/C12H13N3O/c13-12(4-5-12)11-7-10(14-15-11)8-2-1-3-9(16)6-8/h1-3,6-7,16H,4-5,13H2,(H,14,15). The molecular weight excluding hydrogens is 202 g/mol. The summed E-state index contributed by atoms with van der Waals surface area (Å²) in [6.45, 7) is 0. The fourth-order valence-corrected chi connectivity index (χ4v) is 1.79. The van der Waals surface area contributed by atoms with Crippen molar-refractivity contribution in [2.75, 3.05) is 0 Å². The molecule has 1 aromatic heterocycles. The van der Waals surface area contributed by atoms with Gasteiger partial charge in [0.1, 0.15) is 5.75 Å². The molecule has 3 rings (SSSR count). The molecule has 2 aromatic rings. The van der Waals surface area contributed by atoms with E-state index in [1.54, 1.807) is 18.2 Å². The smallest absolute Gasteiger partial charge is 0.116 e. The molecule has 1 aliphatic rings. The Bertz CT molecular complexity index is 529. The van der Waals surface area contributed by atoms with E-state index in [1.807, 2.05) is 12.1 Å². The van der Waals surface area contributed by atoms with E-state index < -0.39 is 0 Å². The molecule has 0 atom stereocenters. The van der Waals surface area contributed by atoms with Gasteiger partial charge < -0.3 is 10.8 Å². The zero-order chi connectivity index (χ0) is 11.2. The third-order valence-electron chi connectivity index (χ3n) is 3.04. The van der Waals surface area contributed by atoms with Crippen LogP contribution in [-0.2, 0) is 5.54 Å². The fraction of sp³-hybridized carbons (Fsp3) is 0.250. The zero-order valence-corrected chi connectivity index (χ0v) is 8.77. The van der Waals surface area contributed by atoms with Crippen molar-refractivity contribution in [3.8, 4) is 17.0 Å². The Hall–Kier alpha value is -1.81. The van der Waals surface area contributed by atoms with Gasteiger partial charge in [0.25, 0.3) is 0 Å². The summed E-state index contributed by atoms with van der Waals surface area (Å²) in [6.07, 6.45) is 2.02. The average molecular weight is 215 g/mol.